The molecule has 1 aliphatic rings. The predicted octanol–water partition coefficient (Wildman–Crippen LogP) is 1.78. The maximum Gasteiger partial charge on any atom is 0.138 e. The molecule has 2 rings (SSSR count). The Hall–Kier alpha value is -1.45. The number of aliphatic imine (C=N–C) groups is 1. The molecule has 68 valence electrons. The molecule has 0 unspecified atom stereocenters. The molecule has 0 fully saturated rings. The highest BCUT2D eigenvalue weighted by Gasteiger charge is 2.12. The number of halogens is 2. The van der Waals surface area contributed by atoms with Crippen molar-refractivity contribution in [1.82, 2.24) is 0 Å². The van der Waals surface area contributed by atoms with Gasteiger partial charge in [0.05, 0.1) is 12.1 Å². The van der Waals surface area contributed by atoms with Crippen LogP contribution in [-0.2, 0) is 0 Å². The summed E-state index contributed by atoms with van der Waals surface area (Å²) >= 11 is 0. The Morgan fingerprint density at radius 1 is 1.31 bits per heavy atom. The summed E-state index contributed by atoms with van der Waals surface area (Å²) in [5, 5.41) is 0. The first kappa shape index (κ1) is 8.16. The Bertz CT molecular complexity index is 363. The van der Waals surface area contributed by atoms with E-state index >= 15 is 0 Å². The normalized spacial score (nSPS) is 14.6. The van der Waals surface area contributed by atoms with Crippen LogP contribution >= 0.6 is 0 Å². The standard InChI is InChI=1S/C9H7F2NO/c10-6-3-8(11)7-5-12-1-2-13-9(7)4-6/h3-5H,1-2H2. The lowest BCUT2D eigenvalue weighted by molar-refractivity contribution is 0.327. The summed E-state index contributed by atoms with van der Waals surface area (Å²) in [5.41, 5.74) is 0.221. The van der Waals surface area contributed by atoms with Crippen LogP contribution in [0.25, 0.3) is 0 Å². The Morgan fingerprint density at radius 3 is 3.00 bits per heavy atom. The summed E-state index contributed by atoms with van der Waals surface area (Å²) in [5.74, 6) is -1.05. The van der Waals surface area contributed by atoms with Crippen molar-refractivity contribution in [2.24, 2.45) is 4.99 Å². The monoisotopic (exact) mass is 183 g/mol. The molecule has 0 spiro atoms. The molecule has 4 heteroatoms. The molecule has 0 saturated carbocycles. The number of ether oxygens (including phenoxy) is 1. The van der Waals surface area contributed by atoms with Gasteiger partial charge in [0.15, 0.2) is 0 Å². The van der Waals surface area contributed by atoms with Crippen LogP contribution in [0.2, 0.25) is 0 Å². The third kappa shape index (κ3) is 1.52. The topological polar surface area (TPSA) is 21.6 Å². The second-order valence-electron chi connectivity index (χ2n) is 2.68. The van der Waals surface area contributed by atoms with E-state index in [0.717, 1.165) is 12.1 Å². The summed E-state index contributed by atoms with van der Waals surface area (Å²) in [6.45, 7) is 0.822. The molecule has 1 aromatic carbocycles. The second kappa shape index (κ2) is 3.12. The van der Waals surface area contributed by atoms with Crippen LogP contribution in [0.5, 0.6) is 5.75 Å². The predicted molar refractivity (Wildman–Crippen MR) is 44.3 cm³/mol. The maximum atomic E-state index is 13.1. The quantitative estimate of drug-likeness (QED) is 0.600. The first-order chi connectivity index (χ1) is 6.27. The van der Waals surface area contributed by atoms with Gasteiger partial charge in [-0.15, -0.1) is 0 Å². The first-order valence-electron chi connectivity index (χ1n) is 3.89. The molecule has 0 atom stereocenters. The van der Waals surface area contributed by atoms with Crippen LogP contribution < -0.4 is 4.74 Å². The molecule has 1 aromatic rings. The van der Waals surface area contributed by atoms with Crippen LogP contribution in [0, 0.1) is 11.6 Å². The second-order valence-corrected chi connectivity index (χ2v) is 2.68. The lowest BCUT2D eigenvalue weighted by Crippen LogP contribution is -2.00. The van der Waals surface area contributed by atoms with Crippen molar-refractivity contribution in [3.8, 4) is 5.75 Å². The number of hydrogen-bond donors (Lipinski definition) is 0. The SMILES string of the molecule is Fc1cc(F)c2c(c1)OCCN=C2. The fourth-order valence-corrected chi connectivity index (χ4v) is 1.17. The van der Waals surface area contributed by atoms with E-state index in [0.29, 0.717) is 13.2 Å². The van der Waals surface area contributed by atoms with E-state index in [4.69, 9.17) is 4.74 Å². The van der Waals surface area contributed by atoms with Gasteiger partial charge >= 0.3 is 0 Å². The average molecular weight is 183 g/mol. The van der Waals surface area contributed by atoms with Crippen molar-refractivity contribution >= 4 is 6.21 Å². The summed E-state index contributed by atoms with van der Waals surface area (Å²) in [6, 6.07) is 1.98. The fraction of sp³-hybridized carbons (Fsp3) is 0.222. The van der Waals surface area contributed by atoms with E-state index in [1.165, 1.54) is 6.21 Å². The highest BCUT2D eigenvalue weighted by atomic mass is 19.1. The molecule has 0 saturated heterocycles. The minimum atomic E-state index is -0.638. The summed E-state index contributed by atoms with van der Waals surface area (Å²) in [4.78, 5) is 3.89. The molecule has 2 nitrogen and oxygen atoms in total. The van der Waals surface area contributed by atoms with E-state index in [-0.39, 0.29) is 11.3 Å². The largest absolute Gasteiger partial charge is 0.491 e. The van der Waals surface area contributed by atoms with Gasteiger partial charge < -0.3 is 4.74 Å². The van der Waals surface area contributed by atoms with Gasteiger partial charge in [0.2, 0.25) is 0 Å². The molecular formula is C9H7F2NO. The van der Waals surface area contributed by atoms with Crippen LogP contribution in [0.1, 0.15) is 5.56 Å². The smallest absolute Gasteiger partial charge is 0.138 e. The Labute approximate surface area is 73.9 Å². The molecule has 0 aliphatic carbocycles. The third-order valence-electron chi connectivity index (χ3n) is 1.75. The highest BCUT2D eigenvalue weighted by molar-refractivity contribution is 5.84. The van der Waals surface area contributed by atoms with Crippen molar-refractivity contribution in [2.45, 2.75) is 0 Å². The summed E-state index contributed by atoms with van der Waals surface area (Å²) < 4.78 is 30.9. The molecule has 1 heterocycles. The van der Waals surface area contributed by atoms with E-state index in [1.807, 2.05) is 0 Å². The zero-order chi connectivity index (χ0) is 9.26. The van der Waals surface area contributed by atoms with Crippen molar-refractivity contribution in [2.75, 3.05) is 13.2 Å². The van der Waals surface area contributed by atoms with Crippen molar-refractivity contribution < 1.29 is 13.5 Å². The van der Waals surface area contributed by atoms with Gasteiger partial charge in [-0.05, 0) is 0 Å². The number of benzene rings is 1. The number of nitrogens with zero attached hydrogens (tertiary/aromatic N) is 1. The molecular weight excluding hydrogens is 176 g/mol. The minimum Gasteiger partial charge on any atom is -0.491 e. The summed E-state index contributed by atoms with van der Waals surface area (Å²) in [6.07, 6.45) is 1.37. The highest BCUT2D eigenvalue weighted by Crippen LogP contribution is 2.22. The number of fused-ring (bicyclic) bond motifs is 1. The molecule has 0 bridgehead atoms. The summed E-state index contributed by atoms with van der Waals surface area (Å²) in [7, 11) is 0. The zero-order valence-corrected chi connectivity index (χ0v) is 6.76. The maximum absolute atomic E-state index is 13.1. The molecule has 0 radical (unpaired) electrons. The van der Waals surface area contributed by atoms with Crippen molar-refractivity contribution in [1.29, 1.82) is 0 Å². The molecule has 0 amide bonds. The Kier molecular flexibility index (Phi) is 1.96. The Balaban J connectivity index is 2.57. The van der Waals surface area contributed by atoms with Gasteiger partial charge in [-0.25, -0.2) is 8.78 Å². The molecule has 13 heavy (non-hydrogen) atoms. The van der Waals surface area contributed by atoms with Crippen molar-refractivity contribution in [3.63, 3.8) is 0 Å². The van der Waals surface area contributed by atoms with Gasteiger partial charge in [-0.1, -0.05) is 0 Å². The van der Waals surface area contributed by atoms with E-state index in [9.17, 15) is 8.78 Å². The average Bonchev–Trinajstić information content (AvgIpc) is 2.28. The van der Waals surface area contributed by atoms with E-state index < -0.39 is 11.6 Å². The van der Waals surface area contributed by atoms with Gasteiger partial charge in [-0.2, -0.15) is 0 Å². The lowest BCUT2D eigenvalue weighted by Gasteiger charge is -2.05. The van der Waals surface area contributed by atoms with E-state index in [1.54, 1.807) is 0 Å². The van der Waals surface area contributed by atoms with Crippen LogP contribution in [-0.4, -0.2) is 19.4 Å². The zero-order valence-electron chi connectivity index (χ0n) is 6.76. The molecule has 0 aromatic heterocycles. The number of rotatable bonds is 0. The van der Waals surface area contributed by atoms with Crippen LogP contribution in [0.4, 0.5) is 8.78 Å². The van der Waals surface area contributed by atoms with Gasteiger partial charge in [0.1, 0.15) is 24.0 Å². The fourth-order valence-electron chi connectivity index (χ4n) is 1.17. The molecule has 1 aliphatic heterocycles. The van der Waals surface area contributed by atoms with Gasteiger partial charge in [-0.3, -0.25) is 4.99 Å². The van der Waals surface area contributed by atoms with Gasteiger partial charge in [0.25, 0.3) is 0 Å². The molecule has 0 N–H and O–H groups in total. The Morgan fingerprint density at radius 2 is 2.15 bits per heavy atom. The first-order valence-corrected chi connectivity index (χ1v) is 3.89. The van der Waals surface area contributed by atoms with Crippen LogP contribution in [0.3, 0.4) is 0 Å². The third-order valence-corrected chi connectivity index (χ3v) is 1.75. The minimum absolute atomic E-state index is 0.221. The van der Waals surface area contributed by atoms with E-state index in [2.05, 4.69) is 4.99 Å². The number of hydrogen-bond acceptors (Lipinski definition) is 2. The van der Waals surface area contributed by atoms with Crippen LogP contribution in [0.15, 0.2) is 17.1 Å². The lowest BCUT2D eigenvalue weighted by atomic mass is 10.2. The van der Waals surface area contributed by atoms with Gasteiger partial charge in [0, 0.05) is 18.3 Å². The van der Waals surface area contributed by atoms with Crippen molar-refractivity contribution in [3.05, 3.63) is 29.3 Å².